The van der Waals surface area contributed by atoms with Crippen molar-refractivity contribution in [3.05, 3.63) is 65.0 Å². The average Bonchev–Trinajstić information content (AvgIpc) is 2.58. The van der Waals surface area contributed by atoms with Crippen LogP contribution in [-0.4, -0.2) is 32.8 Å². The molecule has 0 aliphatic rings. The van der Waals surface area contributed by atoms with E-state index in [9.17, 15) is 14.0 Å². The molecule has 0 fully saturated rings. The number of methoxy groups -OCH3 is 2. The first-order valence-electron chi connectivity index (χ1n) is 6.71. The van der Waals surface area contributed by atoms with Crippen LogP contribution >= 0.6 is 0 Å². The highest BCUT2D eigenvalue weighted by Gasteiger charge is 2.20. The molecule has 0 saturated carbocycles. The fraction of sp³-hybridized carbons (Fsp3) is 0.176. The van der Waals surface area contributed by atoms with Gasteiger partial charge in [-0.05, 0) is 24.3 Å². The summed E-state index contributed by atoms with van der Waals surface area (Å²) in [6.45, 7) is -0.106. The lowest BCUT2D eigenvalue weighted by Crippen LogP contribution is -2.10. The zero-order valence-electron chi connectivity index (χ0n) is 12.7. The first-order chi connectivity index (χ1) is 11.1. The molecule has 0 aliphatic heterocycles. The van der Waals surface area contributed by atoms with Crippen molar-refractivity contribution in [3.63, 3.8) is 0 Å². The summed E-state index contributed by atoms with van der Waals surface area (Å²) < 4.78 is 28.7. The summed E-state index contributed by atoms with van der Waals surface area (Å²) in [5.74, 6) is -1.67. The fourth-order valence-corrected chi connectivity index (χ4v) is 1.99. The van der Waals surface area contributed by atoms with Crippen LogP contribution in [0.3, 0.4) is 0 Å². The number of ether oxygens (including phenoxy) is 3. The van der Waals surface area contributed by atoms with Crippen LogP contribution in [-0.2, 0) is 9.47 Å². The molecule has 23 heavy (non-hydrogen) atoms. The summed E-state index contributed by atoms with van der Waals surface area (Å²) in [7, 11) is 2.69. The van der Waals surface area contributed by atoms with Crippen molar-refractivity contribution in [2.24, 2.45) is 0 Å². The monoisotopic (exact) mass is 318 g/mol. The van der Waals surface area contributed by atoms with Crippen LogP contribution in [0.5, 0.6) is 5.75 Å². The molecule has 2 aromatic rings. The number of halogens is 1. The Bertz CT molecular complexity index is 709. The lowest BCUT2D eigenvalue weighted by molar-refractivity contribution is 0.0500. The van der Waals surface area contributed by atoms with Crippen LogP contribution in [0.4, 0.5) is 4.39 Å². The van der Waals surface area contributed by atoms with E-state index in [-0.39, 0.29) is 23.7 Å². The average molecular weight is 318 g/mol. The molecule has 0 unspecified atom stereocenters. The quantitative estimate of drug-likeness (QED) is 0.465. The molecular formula is C17H15FO5. The number of carbonyl (C=O) groups is 2. The number of carbonyl (C=O) groups excluding carboxylic acids is 2. The number of rotatable bonds is 6. The van der Waals surface area contributed by atoms with Gasteiger partial charge in [-0.3, -0.25) is 4.79 Å². The van der Waals surface area contributed by atoms with Crippen molar-refractivity contribution < 1.29 is 28.2 Å². The van der Waals surface area contributed by atoms with Gasteiger partial charge in [0.1, 0.15) is 17.1 Å². The molecule has 0 aliphatic carbocycles. The second-order valence-electron chi connectivity index (χ2n) is 4.56. The van der Waals surface area contributed by atoms with Crippen molar-refractivity contribution in [2.75, 3.05) is 21.0 Å². The molecule has 0 atom stereocenters. The van der Waals surface area contributed by atoms with E-state index in [1.165, 1.54) is 56.7 Å². The van der Waals surface area contributed by atoms with E-state index >= 15 is 0 Å². The fourth-order valence-electron chi connectivity index (χ4n) is 1.99. The summed E-state index contributed by atoms with van der Waals surface area (Å²) in [5.41, 5.74) is 0.342. The van der Waals surface area contributed by atoms with Gasteiger partial charge in [0.25, 0.3) is 0 Å². The Morgan fingerprint density at radius 2 is 1.65 bits per heavy atom. The molecule has 2 rings (SSSR count). The molecule has 0 radical (unpaired) electrons. The van der Waals surface area contributed by atoms with Crippen molar-refractivity contribution in [1.29, 1.82) is 0 Å². The van der Waals surface area contributed by atoms with E-state index in [0.717, 1.165) is 0 Å². The van der Waals surface area contributed by atoms with Crippen LogP contribution in [0.1, 0.15) is 26.3 Å². The van der Waals surface area contributed by atoms with Gasteiger partial charge in [-0.2, -0.15) is 0 Å². The van der Waals surface area contributed by atoms with Gasteiger partial charge >= 0.3 is 5.97 Å². The molecule has 0 saturated heterocycles. The minimum atomic E-state index is -0.694. The van der Waals surface area contributed by atoms with Gasteiger partial charge in [0, 0.05) is 12.7 Å². The highest BCUT2D eigenvalue weighted by atomic mass is 19.1. The molecule has 0 spiro atoms. The van der Waals surface area contributed by atoms with Gasteiger partial charge in [0.2, 0.25) is 0 Å². The zero-order valence-corrected chi connectivity index (χ0v) is 12.7. The van der Waals surface area contributed by atoms with Crippen LogP contribution in [0.2, 0.25) is 0 Å². The van der Waals surface area contributed by atoms with Crippen LogP contribution < -0.4 is 4.74 Å². The van der Waals surface area contributed by atoms with Gasteiger partial charge in [-0.1, -0.05) is 18.2 Å². The van der Waals surface area contributed by atoms with E-state index in [0.29, 0.717) is 5.56 Å². The number of hydrogen-bond donors (Lipinski definition) is 0. The third-order valence-corrected chi connectivity index (χ3v) is 3.10. The largest absolute Gasteiger partial charge is 0.467 e. The lowest BCUT2D eigenvalue weighted by Gasteiger charge is -2.11. The van der Waals surface area contributed by atoms with Gasteiger partial charge in [-0.15, -0.1) is 0 Å². The predicted molar refractivity (Wildman–Crippen MR) is 80.1 cm³/mol. The molecule has 6 heteroatoms. The minimum Gasteiger partial charge on any atom is -0.467 e. The van der Waals surface area contributed by atoms with Crippen molar-refractivity contribution in [1.82, 2.24) is 0 Å². The molecule has 0 amide bonds. The second-order valence-corrected chi connectivity index (χ2v) is 4.56. The van der Waals surface area contributed by atoms with Crippen LogP contribution in [0.15, 0.2) is 42.5 Å². The number of benzene rings is 2. The highest BCUT2D eigenvalue weighted by molar-refractivity contribution is 6.11. The number of hydrogen-bond acceptors (Lipinski definition) is 5. The number of ketones is 1. The Balaban J connectivity index is 2.35. The maximum absolute atomic E-state index is 14.1. The Labute approximate surface area is 132 Å². The van der Waals surface area contributed by atoms with Crippen molar-refractivity contribution in [2.45, 2.75) is 0 Å². The summed E-state index contributed by atoms with van der Waals surface area (Å²) in [4.78, 5) is 23.9. The Morgan fingerprint density at radius 3 is 2.26 bits per heavy atom. The third kappa shape index (κ3) is 3.73. The van der Waals surface area contributed by atoms with Gasteiger partial charge in [-0.25, -0.2) is 9.18 Å². The Morgan fingerprint density at radius 1 is 1.00 bits per heavy atom. The Hall–Kier alpha value is -2.73. The maximum Gasteiger partial charge on any atom is 0.337 e. The summed E-state index contributed by atoms with van der Waals surface area (Å²) >= 11 is 0. The van der Waals surface area contributed by atoms with Crippen molar-refractivity contribution >= 4 is 11.8 Å². The lowest BCUT2D eigenvalue weighted by atomic mass is 10.0. The standard InChI is InChI=1S/C17H15FO5/c1-21-10-23-14-5-3-4-13(18)15(14)16(19)11-6-8-12(9-7-11)17(20)22-2/h3-9H,10H2,1-2H3. The van der Waals surface area contributed by atoms with Gasteiger partial charge in [0.05, 0.1) is 12.7 Å². The molecule has 0 heterocycles. The van der Waals surface area contributed by atoms with Crippen LogP contribution in [0, 0.1) is 5.82 Å². The van der Waals surface area contributed by atoms with Crippen molar-refractivity contribution in [3.8, 4) is 5.75 Å². The van der Waals surface area contributed by atoms with E-state index in [4.69, 9.17) is 9.47 Å². The van der Waals surface area contributed by atoms with E-state index in [1.807, 2.05) is 0 Å². The van der Waals surface area contributed by atoms with Gasteiger partial charge < -0.3 is 14.2 Å². The smallest absolute Gasteiger partial charge is 0.337 e. The number of esters is 1. The normalized spacial score (nSPS) is 10.2. The molecule has 2 aromatic carbocycles. The summed E-state index contributed by atoms with van der Waals surface area (Å²) in [5, 5.41) is 0. The molecule has 5 nitrogen and oxygen atoms in total. The molecule has 0 N–H and O–H groups in total. The molecule has 0 aromatic heterocycles. The third-order valence-electron chi connectivity index (χ3n) is 3.10. The van der Waals surface area contributed by atoms with Gasteiger partial charge in [0.15, 0.2) is 12.6 Å². The van der Waals surface area contributed by atoms with E-state index in [2.05, 4.69) is 4.74 Å². The minimum absolute atomic E-state index is 0.0916. The summed E-state index contributed by atoms with van der Waals surface area (Å²) in [6, 6.07) is 9.85. The van der Waals surface area contributed by atoms with Crippen LogP contribution in [0.25, 0.3) is 0 Å². The highest BCUT2D eigenvalue weighted by Crippen LogP contribution is 2.25. The predicted octanol–water partition coefficient (Wildman–Crippen LogP) is 2.83. The Kier molecular flexibility index (Phi) is 5.43. The molecule has 0 bridgehead atoms. The molecule has 120 valence electrons. The zero-order chi connectivity index (χ0) is 16.8. The first-order valence-corrected chi connectivity index (χ1v) is 6.71. The topological polar surface area (TPSA) is 61.8 Å². The molecular weight excluding hydrogens is 303 g/mol. The summed E-state index contributed by atoms with van der Waals surface area (Å²) in [6.07, 6.45) is 0. The van der Waals surface area contributed by atoms with E-state index < -0.39 is 17.6 Å². The van der Waals surface area contributed by atoms with E-state index in [1.54, 1.807) is 0 Å². The second kappa shape index (κ2) is 7.51. The SMILES string of the molecule is COCOc1cccc(F)c1C(=O)c1ccc(C(=O)OC)cc1. The first kappa shape index (κ1) is 16.6. The maximum atomic E-state index is 14.1.